The van der Waals surface area contributed by atoms with Crippen LogP contribution in [0.15, 0.2) is 18.2 Å². The van der Waals surface area contributed by atoms with Gasteiger partial charge in [0.15, 0.2) is 0 Å². The third-order valence-electron chi connectivity index (χ3n) is 3.50. The molecule has 0 aromatic heterocycles. The van der Waals surface area contributed by atoms with E-state index in [1.54, 1.807) is 0 Å². The van der Waals surface area contributed by atoms with E-state index in [1.807, 2.05) is 13.0 Å². The highest BCUT2D eigenvalue weighted by Gasteiger charge is 2.33. The van der Waals surface area contributed by atoms with Crippen molar-refractivity contribution in [1.29, 1.82) is 0 Å². The zero-order chi connectivity index (χ0) is 11.6. The molecule has 2 N–H and O–H groups in total. The number of benzene rings is 1. The van der Waals surface area contributed by atoms with E-state index < -0.39 is 0 Å². The van der Waals surface area contributed by atoms with Crippen LogP contribution < -0.4 is 5.73 Å². The van der Waals surface area contributed by atoms with Gasteiger partial charge in [0.05, 0.1) is 6.61 Å². The minimum absolute atomic E-state index is 0.0322. The second kappa shape index (κ2) is 4.74. The first-order valence-electron chi connectivity index (χ1n) is 5.72. The van der Waals surface area contributed by atoms with E-state index in [9.17, 15) is 0 Å². The molecule has 1 aromatic rings. The Morgan fingerprint density at radius 1 is 1.50 bits per heavy atom. The van der Waals surface area contributed by atoms with Crippen LogP contribution in [0.1, 0.15) is 24.0 Å². The standard InChI is InChI=1S/C13H18ClNO/c1-10-3-4-11(7-12(10)14)13(8-15)5-2-6-16-9-13/h3-4,7H,2,5-6,8-9,15H2,1H3. The lowest BCUT2D eigenvalue weighted by Gasteiger charge is -2.36. The smallest absolute Gasteiger partial charge is 0.0575 e. The number of hydrogen-bond donors (Lipinski definition) is 1. The fourth-order valence-electron chi connectivity index (χ4n) is 2.28. The van der Waals surface area contributed by atoms with Crippen molar-refractivity contribution in [3.8, 4) is 0 Å². The maximum absolute atomic E-state index is 6.17. The van der Waals surface area contributed by atoms with Crippen molar-refractivity contribution in [3.63, 3.8) is 0 Å². The summed E-state index contributed by atoms with van der Waals surface area (Å²) in [7, 11) is 0. The maximum atomic E-state index is 6.17. The quantitative estimate of drug-likeness (QED) is 0.861. The maximum Gasteiger partial charge on any atom is 0.0575 e. The second-order valence-corrected chi connectivity index (χ2v) is 5.01. The van der Waals surface area contributed by atoms with Crippen molar-refractivity contribution >= 4 is 11.6 Å². The summed E-state index contributed by atoms with van der Waals surface area (Å²) in [6.07, 6.45) is 2.16. The van der Waals surface area contributed by atoms with Gasteiger partial charge in [-0.3, -0.25) is 0 Å². The van der Waals surface area contributed by atoms with Crippen molar-refractivity contribution in [2.45, 2.75) is 25.2 Å². The molecule has 0 spiro atoms. The number of nitrogens with two attached hydrogens (primary N) is 1. The molecule has 1 saturated heterocycles. The Labute approximate surface area is 102 Å². The lowest BCUT2D eigenvalue weighted by atomic mass is 9.76. The SMILES string of the molecule is Cc1ccc(C2(CN)CCCOC2)cc1Cl. The Balaban J connectivity index is 2.35. The van der Waals surface area contributed by atoms with Gasteiger partial charge in [-0.25, -0.2) is 0 Å². The molecule has 2 rings (SSSR count). The summed E-state index contributed by atoms with van der Waals surface area (Å²) in [4.78, 5) is 0. The fourth-order valence-corrected chi connectivity index (χ4v) is 2.46. The number of rotatable bonds is 2. The fraction of sp³-hybridized carbons (Fsp3) is 0.538. The van der Waals surface area contributed by atoms with Gasteiger partial charge in [-0.15, -0.1) is 0 Å². The molecule has 1 fully saturated rings. The van der Waals surface area contributed by atoms with Crippen LogP contribution in [0, 0.1) is 6.92 Å². The lowest BCUT2D eigenvalue weighted by Crippen LogP contribution is -2.42. The molecular weight excluding hydrogens is 222 g/mol. The Morgan fingerprint density at radius 2 is 2.31 bits per heavy atom. The normalized spacial score (nSPS) is 25.7. The monoisotopic (exact) mass is 239 g/mol. The summed E-state index contributed by atoms with van der Waals surface area (Å²) >= 11 is 6.17. The average molecular weight is 240 g/mol. The van der Waals surface area contributed by atoms with Crippen molar-refractivity contribution in [2.75, 3.05) is 19.8 Å². The Bertz CT molecular complexity index is 372. The number of halogens is 1. The largest absolute Gasteiger partial charge is 0.380 e. The molecule has 0 bridgehead atoms. The molecule has 88 valence electrons. The first kappa shape index (κ1) is 11.9. The van der Waals surface area contributed by atoms with E-state index in [2.05, 4.69) is 12.1 Å². The molecule has 0 radical (unpaired) electrons. The summed E-state index contributed by atoms with van der Waals surface area (Å²) in [6, 6.07) is 6.23. The molecule has 0 saturated carbocycles. The minimum Gasteiger partial charge on any atom is -0.380 e. The zero-order valence-corrected chi connectivity index (χ0v) is 10.4. The average Bonchev–Trinajstić information content (AvgIpc) is 2.33. The highest BCUT2D eigenvalue weighted by molar-refractivity contribution is 6.31. The van der Waals surface area contributed by atoms with Gasteiger partial charge in [0.25, 0.3) is 0 Å². The summed E-state index contributed by atoms with van der Waals surface area (Å²) in [5.41, 5.74) is 8.22. The van der Waals surface area contributed by atoms with Gasteiger partial charge in [-0.1, -0.05) is 23.7 Å². The zero-order valence-electron chi connectivity index (χ0n) is 9.63. The van der Waals surface area contributed by atoms with E-state index in [4.69, 9.17) is 22.1 Å². The highest BCUT2D eigenvalue weighted by atomic mass is 35.5. The van der Waals surface area contributed by atoms with Gasteiger partial charge in [-0.2, -0.15) is 0 Å². The van der Waals surface area contributed by atoms with Crippen molar-refractivity contribution < 1.29 is 4.74 Å². The van der Waals surface area contributed by atoms with Gasteiger partial charge in [0, 0.05) is 23.6 Å². The van der Waals surface area contributed by atoms with Gasteiger partial charge in [0.1, 0.15) is 0 Å². The van der Waals surface area contributed by atoms with Crippen LogP contribution in [0.4, 0.5) is 0 Å². The summed E-state index contributed by atoms with van der Waals surface area (Å²) in [5, 5.41) is 0.816. The van der Waals surface area contributed by atoms with Crippen LogP contribution in [0.5, 0.6) is 0 Å². The third kappa shape index (κ3) is 2.10. The predicted molar refractivity (Wildman–Crippen MR) is 67.0 cm³/mol. The third-order valence-corrected chi connectivity index (χ3v) is 3.90. The minimum atomic E-state index is -0.0322. The summed E-state index contributed by atoms with van der Waals surface area (Å²) in [6.45, 7) is 4.19. The van der Waals surface area contributed by atoms with Crippen molar-refractivity contribution in [1.82, 2.24) is 0 Å². The Kier molecular flexibility index (Phi) is 3.53. The lowest BCUT2D eigenvalue weighted by molar-refractivity contribution is 0.0377. The molecule has 1 unspecified atom stereocenters. The molecule has 0 aliphatic carbocycles. The van der Waals surface area contributed by atoms with Gasteiger partial charge < -0.3 is 10.5 Å². The van der Waals surface area contributed by atoms with Crippen molar-refractivity contribution in [3.05, 3.63) is 34.3 Å². The van der Waals surface area contributed by atoms with Crippen LogP contribution in [0.3, 0.4) is 0 Å². The topological polar surface area (TPSA) is 35.2 Å². The summed E-state index contributed by atoms with van der Waals surface area (Å²) < 4.78 is 5.58. The van der Waals surface area contributed by atoms with E-state index >= 15 is 0 Å². The van der Waals surface area contributed by atoms with Gasteiger partial charge in [-0.05, 0) is 37.0 Å². The number of ether oxygens (including phenoxy) is 1. The Morgan fingerprint density at radius 3 is 2.88 bits per heavy atom. The molecule has 3 heteroatoms. The Hall–Kier alpha value is -0.570. The van der Waals surface area contributed by atoms with Crippen molar-refractivity contribution in [2.24, 2.45) is 5.73 Å². The molecule has 1 aliphatic rings. The second-order valence-electron chi connectivity index (χ2n) is 4.60. The number of aryl methyl sites for hydroxylation is 1. The first-order chi connectivity index (χ1) is 7.68. The van der Waals surface area contributed by atoms with Crippen LogP contribution >= 0.6 is 11.6 Å². The predicted octanol–water partition coefficient (Wildman–Crippen LogP) is 2.66. The molecule has 1 atom stereocenters. The van der Waals surface area contributed by atoms with Gasteiger partial charge >= 0.3 is 0 Å². The first-order valence-corrected chi connectivity index (χ1v) is 6.10. The van der Waals surface area contributed by atoms with E-state index in [0.29, 0.717) is 13.2 Å². The van der Waals surface area contributed by atoms with E-state index in [1.165, 1.54) is 5.56 Å². The molecule has 1 aromatic carbocycles. The van der Waals surface area contributed by atoms with Crippen LogP contribution in [0.25, 0.3) is 0 Å². The van der Waals surface area contributed by atoms with Crippen LogP contribution in [0.2, 0.25) is 5.02 Å². The van der Waals surface area contributed by atoms with Gasteiger partial charge in [0.2, 0.25) is 0 Å². The molecule has 2 nitrogen and oxygen atoms in total. The molecule has 1 heterocycles. The summed E-state index contributed by atoms with van der Waals surface area (Å²) in [5.74, 6) is 0. The van der Waals surface area contributed by atoms with E-state index in [-0.39, 0.29) is 5.41 Å². The molecule has 1 aliphatic heterocycles. The highest BCUT2D eigenvalue weighted by Crippen LogP contribution is 2.34. The molecule has 16 heavy (non-hydrogen) atoms. The number of hydrogen-bond acceptors (Lipinski definition) is 2. The van der Waals surface area contributed by atoms with E-state index in [0.717, 1.165) is 30.0 Å². The van der Waals surface area contributed by atoms with Crippen LogP contribution in [-0.4, -0.2) is 19.8 Å². The molecule has 0 amide bonds. The molecular formula is C13H18ClNO. The van der Waals surface area contributed by atoms with Crippen LogP contribution in [-0.2, 0) is 10.2 Å².